The number of rotatable bonds is 5. The van der Waals surface area contributed by atoms with Crippen molar-refractivity contribution in [2.45, 2.75) is 38.1 Å². The van der Waals surface area contributed by atoms with E-state index in [0.29, 0.717) is 37.5 Å². The van der Waals surface area contributed by atoms with E-state index in [2.05, 4.69) is 25.0 Å². The minimum absolute atomic E-state index is 0.0203. The fourth-order valence-corrected chi connectivity index (χ4v) is 4.62. The molecule has 4 rings (SSSR count). The molecule has 1 amide bonds. The van der Waals surface area contributed by atoms with Gasteiger partial charge in [-0.25, -0.2) is 13.1 Å². The summed E-state index contributed by atoms with van der Waals surface area (Å²) in [5.41, 5.74) is 0.227. The number of aromatic nitrogens is 3. The maximum absolute atomic E-state index is 12.0. The minimum Gasteiger partial charge on any atom is -0.356 e. The van der Waals surface area contributed by atoms with Gasteiger partial charge < -0.3 is 4.90 Å². The fraction of sp³-hybridized carbons (Fsp3) is 0.588. The molecule has 10 heteroatoms. The first-order valence-electron chi connectivity index (χ1n) is 9.13. The lowest BCUT2D eigenvalue weighted by Crippen LogP contribution is -2.53. The molecule has 1 aliphatic heterocycles. The molecule has 2 aromatic heterocycles. The fourth-order valence-electron chi connectivity index (χ4n) is 3.52. The lowest BCUT2D eigenvalue weighted by atomic mass is 9.91. The van der Waals surface area contributed by atoms with E-state index < -0.39 is 15.6 Å². The van der Waals surface area contributed by atoms with Crippen LogP contribution < -0.4 is 14.9 Å². The molecule has 27 heavy (non-hydrogen) atoms. The zero-order valence-electron chi connectivity index (χ0n) is 15.5. The average Bonchev–Trinajstić information content (AvgIpc) is 3.34. The highest BCUT2D eigenvalue weighted by Crippen LogP contribution is 2.30. The smallest absolute Gasteiger partial charge is 0.249 e. The van der Waals surface area contributed by atoms with Crippen LogP contribution in [-0.2, 0) is 14.8 Å². The number of nitrogens with zero attached hydrogens (tertiary/aromatic N) is 4. The Bertz CT molecular complexity index is 974. The van der Waals surface area contributed by atoms with Crippen LogP contribution in [0.15, 0.2) is 18.2 Å². The van der Waals surface area contributed by atoms with Crippen molar-refractivity contribution >= 4 is 33.3 Å². The van der Waals surface area contributed by atoms with Crippen molar-refractivity contribution in [2.24, 2.45) is 5.92 Å². The van der Waals surface area contributed by atoms with Gasteiger partial charge in [0.05, 0.1) is 6.26 Å². The number of carbonyl (C=O) groups is 1. The lowest BCUT2D eigenvalue weighted by Gasteiger charge is -2.40. The van der Waals surface area contributed by atoms with E-state index in [1.807, 2.05) is 25.1 Å². The van der Waals surface area contributed by atoms with Crippen LogP contribution in [0.3, 0.4) is 0 Å². The molecular weight excluding hydrogens is 368 g/mol. The van der Waals surface area contributed by atoms with E-state index >= 15 is 0 Å². The summed E-state index contributed by atoms with van der Waals surface area (Å²) in [7, 11) is -3.25. The Morgan fingerprint density at radius 3 is 2.59 bits per heavy atom. The predicted molar refractivity (Wildman–Crippen MR) is 102 cm³/mol. The number of nitrogens with one attached hydrogen (secondary N) is 2. The molecule has 3 heterocycles. The Hall–Kier alpha value is -2.20. The van der Waals surface area contributed by atoms with Crippen LogP contribution in [0, 0.1) is 5.92 Å². The van der Waals surface area contributed by atoms with E-state index in [9.17, 15) is 13.2 Å². The van der Waals surface area contributed by atoms with Crippen molar-refractivity contribution in [1.82, 2.24) is 19.3 Å². The minimum atomic E-state index is -3.25. The largest absolute Gasteiger partial charge is 0.356 e. The molecule has 1 saturated heterocycles. The number of fused-ring (bicyclic) bond motifs is 1. The van der Waals surface area contributed by atoms with E-state index in [1.54, 1.807) is 4.52 Å². The van der Waals surface area contributed by atoms with Crippen molar-refractivity contribution in [3.63, 3.8) is 0 Å². The van der Waals surface area contributed by atoms with Crippen LogP contribution in [0.5, 0.6) is 0 Å². The Morgan fingerprint density at radius 1 is 1.26 bits per heavy atom. The zero-order chi connectivity index (χ0) is 19.2. The van der Waals surface area contributed by atoms with Crippen molar-refractivity contribution in [3.8, 4) is 0 Å². The lowest BCUT2D eigenvalue weighted by molar-refractivity contribution is -0.117. The second-order valence-electron chi connectivity index (χ2n) is 7.77. The molecule has 1 aliphatic carbocycles. The third-order valence-electron chi connectivity index (χ3n) is 5.15. The summed E-state index contributed by atoms with van der Waals surface area (Å²) < 4.78 is 27.7. The van der Waals surface area contributed by atoms with Gasteiger partial charge in [0, 0.05) is 24.5 Å². The number of carbonyl (C=O) groups excluding carboxylic acids is 1. The van der Waals surface area contributed by atoms with Gasteiger partial charge in [-0.1, -0.05) is 6.07 Å². The average molecular weight is 392 g/mol. The van der Waals surface area contributed by atoms with Gasteiger partial charge >= 0.3 is 0 Å². The molecule has 0 aromatic carbocycles. The van der Waals surface area contributed by atoms with Crippen LogP contribution in [-0.4, -0.2) is 53.8 Å². The Labute approximate surface area is 158 Å². The van der Waals surface area contributed by atoms with Gasteiger partial charge in [0.2, 0.25) is 21.9 Å². The van der Waals surface area contributed by atoms with Gasteiger partial charge in [-0.15, -0.1) is 5.10 Å². The number of anilines is 2. The molecule has 0 spiro atoms. The van der Waals surface area contributed by atoms with Gasteiger partial charge in [0.25, 0.3) is 0 Å². The number of hydrogen-bond acceptors (Lipinski definition) is 6. The first-order valence-corrected chi connectivity index (χ1v) is 11.0. The van der Waals surface area contributed by atoms with Crippen molar-refractivity contribution in [1.29, 1.82) is 0 Å². The van der Waals surface area contributed by atoms with E-state index in [4.69, 9.17) is 0 Å². The summed E-state index contributed by atoms with van der Waals surface area (Å²) in [5.74, 6) is 1.28. The number of hydrogen-bond donors (Lipinski definition) is 2. The van der Waals surface area contributed by atoms with Crippen LogP contribution in [0.25, 0.3) is 5.65 Å². The molecule has 9 nitrogen and oxygen atoms in total. The summed E-state index contributed by atoms with van der Waals surface area (Å²) in [6.07, 6.45) is 4.43. The summed E-state index contributed by atoms with van der Waals surface area (Å²) in [5, 5.41) is 7.24. The number of sulfonamides is 1. The van der Waals surface area contributed by atoms with Gasteiger partial charge in [-0.3, -0.25) is 10.1 Å². The molecule has 0 bridgehead atoms. The highest BCUT2D eigenvalue weighted by atomic mass is 32.2. The summed E-state index contributed by atoms with van der Waals surface area (Å²) in [4.78, 5) is 18.5. The monoisotopic (exact) mass is 392 g/mol. The standard InChI is InChI=1S/C17H24N6O3S/c1-17(21-27(2,25)26)8-10-22(11-9-17)14-5-3-4-13-18-16(20-23(13)14)19-15(24)12-6-7-12/h3-5,12,21H,6-11H2,1-2H3,(H,19,20,24). The number of piperidine rings is 1. The third-order valence-corrected chi connectivity index (χ3v) is 6.01. The predicted octanol–water partition coefficient (Wildman–Crippen LogP) is 0.986. The number of amides is 1. The topological polar surface area (TPSA) is 109 Å². The molecule has 2 N–H and O–H groups in total. The number of pyridine rings is 1. The van der Waals surface area contributed by atoms with E-state index in [-0.39, 0.29) is 11.8 Å². The van der Waals surface area contributed by atoms with Crippen molar-refractivity contribution in [2.75, 3.05) is 29.6 Å². The highest BCUT2D eigenvalue weighted by Gasteiger charge is 2.33. The first-order chi connectivity index (χ1) is 12.7. The molecular formula is C17H24N6O3S. The second-order valence-corrected chi connectivity index (χ2v) is 9.52. The summed E-state index contributed by atoms with van der Waals surface area (Å²) >= 11 is 0. The van der Waals surface area contributed by atoms with Gasteiger partial charge in [-0.2, -0.15) is 9.50 Å². The Balaban J connectivity index is 1.52. The molecule has 0 unspecified atom stereocenters. The molecule has 0 radical (unpaired) electrons. The highest BCUT2D eigenvalue weighted by molar-refractivity contribution is 7.88. The van der Waals surface area contributed by atoms with E-state index in [1.165, 1.54) is 6.26 Å². The van der Waals surface area contributed by atoms with Crippen LogP contribution in [0.1, 0.15) is 32.6 Å². The Kier molecular flexibility index (Phi) is 4.34. The maximum atomic E-state index is 12.0. The normalized spacial score (nSPS) is 20.0. The van der Waals surface area contributed by atoms with Crippen LogP contribution >= 0.6 is 0 Å². The van der Waals surface area contributed by atoms with E-state index in [0.717, 1.165) is 18.7 Å². The Morgan fingerprint density at radius 2 is 1.96 bits per heavy atom. The summed E-state index contributed by atoms with van der Waals surface area (Å²) in [6, 6.07) is 5.72. The third kappa shape index (κ3) is 4.06. The van der Waals surface area contributed by atoms with Gasteiger partial charge in [0.15, 0.2) is 5.65 Å². The molecule has 2 aromatic rings. The van der Waals surface area contributed by atoms with Gasteiger partial charge in [-0.05, 0) is 44.7 Å². The van der Waals surface area contributed by atoms with Crippen molar-refractivity contribution in [3.05, 3.63) is 18.2 Å². The molecule has 2 aliphatic rings. The molecule has 2 fully saturated rings. The van der Waals surface area contributed by atoms with Crippen molar-refractivity contribution < 1.29 is 13.2 Å². The second kappa shape index (κ2) is 6.45. The van der Waals surface area contributed by atoms with Gasteiger partial charge in [0.1, 0.15) is 5.82 Å². The first kappa shape index (κ1) is 18.2. The SMILES string of the molecule is CC1(NS(C)(=O)=O)CCN(c2cccc3nc(NC(=O)C4CC4)nn23)CC1. The van der Waals surface area contributed by atoms with Crippen LogP contribution in [0.4, 0.5) is 11.8 Å². The van der Waals surface area contributed by atoms with Crippen LogP contribution in [0.2, 0.25) is 0 Å². The molecule has 146 valence electrons. The summed E-state index contributed by atoms with van der Waals surface area (Å²) in [6.45, 7) is 3.33. The molecule has 0 atom stereocenters. The molecule has 1 saturated carbocycles. The quantitative estimate of drug-likeness (QED) is 0.785. The zero-order valence-corrected chi connectivity index (χ0v) is 16.3. The maximum Gasteiger partial charge on any atom is 0.249 e.